The van der Waals surface area contributed by atoms with Crippen molar-refractivity contribution < 1.29 is 34.8 Å². The van der Waals surface area contributed by atoms with Gasteiger partial charge in [0.15, 0.2) is 17.2 Å². The lowest BCUT2D eigenvalue weighted by atomic mass is 9.39. The van der Waals surface area contributed by atoms with Gasteiger partial charge in [0.25, 0.3) is 0 Å². The number of aromatic hydroxyl groups is 1. The van der Waals surface area contributed by atoms with Crippen LogP contribution in [0.4, 0.5) is 5.69 Å². The van der Waals surface area contributed by atoms with Crippen LogP contribution in [0.3, 0.4) is 0 Å². The van der Waals surface area contributed by atoms with Crippen molar-refractivity contribution in [3.05, 3.63) is 47.5 Å². The highest BCUT2D eigenvalue weighted by molar-refractivity contribution is 6.09. The van der Waals surface area contributed by atoms with E-state index in [0.29, 0.717) is 5.56 Å². The van der Waals surface area contributed by atoms with E-state index in [2.05, 4.69) is 5.32 Å². The van der Waals surface area contributed by atoms with Gasteiger partial charge in [0, 0.05) is 17.6 Å². The maximum Gasteiger partial charge on any atom is 0.230 e. The number of aliphatic hydroxyl groups excluding tert-OH is 2. The van der Waals surface area contributed by atoms with Gasteiger partial charge in [-0.2, -0.15) is 0 Å². The quantitative estimate of drug-likeness (QED) is 0.301. The Morgan fingerprint density at radius 1 is 1.10 bits per heavy atom. The molecule has 2 aromatic carbocycles. The van der Waals surface area contributed by atoms with E-state index in [1.807, 2.05) is 52.0 Å². The molecule has 0 aromatic heterocycles. The molecule has 0 spiro atoms. The molecule has 5 rings (SSSR count). The number of ketones is 2. The highest BCUT2D eigenvalue weighted by Crippen LogP contribution is 2.66. The van der Waals surface area contributed by atoms with Crippen LogP contribution in [0.15, 0.2) is 36.4 Å². The maximum absolute atomic E-state index is 14.2. The number of carbonyl (C=O) groups is 3. The SMILES string of the molecule is CCNc1ccc(-c2ccc(O)c3c2C[C@]2(C)C[C@]4(C)[C@@H](C(C)C)C(O)[C@@H](C(N)=O)C(=O)[C@]4(O)C(O)[C@H]2C3=O)cc1. The number of benzene rings is 2. The number of phenols is 1. The lowest BCUT2D eigenvalue weighted by Gasteiger charge is -2.66. The summed E-state index contributed by atoms with van der Waals surface area (Å²) in [5.41, 5.74) is 3.92. The molecule has 0 radical (unpaired) electrons. The van der Waals surface area contributed by atoms with E-state index in [0.717, 1.165) is 23.4 Å². The van der Waals surface area contributed by atoms with Crippen LogP contribution in [0, 0.1) is 34.5 Å². The Morgan fingerprint density at radius 2 is 1.73 bits per heavy atom. The van der Waals surface area contributed by atoms with Crippen molar-refractivity contribution in [3.63, 3.8) is 0 Å². The van der Waals surface area contributed by atoms with Gasteiger partial charge < -0.3 is 31.5 Å². The second-order valence-corrected chi connectivity index (χ2v) is 13.1. The molecule has 7 N–H and O–H groups in total. The zero-order valence-corrected chi connectivity index (χ0v) is 24.1. The van der Waals surface area contributed by atoms with Gasteiger partial charge in [0.1, 0.15) is 17.8 Å². The molecule has 9 heteroatoms. The first-order valence-corrected chi connectivity index (χ1v) is 14.3. The number of hydrogen-bond acceptors (Lipinski definition) is 8. The fourth-order valence-corrected chi connectivity index (χ4v) is 8.77. The number of carbonyl (C=O) groups excluding carboxylic acids is 3. The molecule has 41 heavy (non-hydrogen) atoms. The summed E-state index contributed by atoms with van der Waals surface area (Å²) in [7, 11) is 0. The smallest absolute Gasteiger partial charge is 0.230 e. The largest absolute Gasteiger partial charge is 0.507 e. The Hall–Kier alpha value is -3.27. The summed E-state index contributed by atoms with van der Waals surface area (Å²) in [5.74, 6) is -7.03. The molecule has 2 fully saturated rings. The standard InChI is InChI=1S/C32H40N2O7/c1-6-34-17-9-7-16(8-10-17)18-11-12-20(35)21-19(18)13-30(4)14-31(5)23(15(2)3)26(37)22(29(33)40)27(38)32(31,41)28(39)24(30)25(21)36/h7-12,15,22-24,26,28,34-35,37,39,41H,6,13-14H2,1-5H3,(H2,33,40)/t22-,23+,24-,26?,28?,30-,31-,32+/m1/s1. The molecule has 2 unspecified atom stereocenters. The summed E-state index contributed by atoms with van der Waals surface area (Å²) in [5, 5.41) is 49.5. The van der Waals surface area contributed by atoms with Crippen LogP contribution in [0.25, 0.3) is 11.1 Å². The molecule has 0 saturated heterocycles. The third kappa shape index (κ3) is 3.89. The number of fused-ring (bicyclic) bond motifs is 3. The molecule has 3 aliphatic rings. The van der Waals surface area contributed by atoms with Crippen LogP contribution in [0.5, 0.6) is 5.75 Å². The van der Waals surface area contributed by atoms with Gasteiger partial charge in [0.2, 0.25) is 5.91 Å². The summed E-state index contributed by atoms with van der Waals surface area (Å²) < 4.78 is 0. The maximum atomic E-state index is 14.2. The van der Waals surface area contributed by atoms with Crippen molar-refractivity contribution in [2.45, 2.75) is 65.3 Å². The minimum atomic E-state index is -2.52. The first-order valence-electron chi connectivity index (χ1n) is 14.3. The van der Waals surface area contributed by atoms with Crippen LogP contribution in [0.2, 0.25) is 0 Å². The number of phenolic OH excluding ortho intramolecular Hbond substituents is 1. The molecule has 2 aromatic rings. The number of nitrogens with one attached hydrogen (secondary N) is 1. The van der Waals surface area contributed by atoms with Crippen LogP contribution >= 0.6 is 0 Å². The Bertz CT molecular complexity index is 1420. The highest BCUT2D eigenvalue weighted by Gasteiger charge is 2.75. The van der Waals surface area contributed by atoms with Crippen molar-refractivity contribution in [2.24, 2.45) is 40.2 Å². The average Bonchev–Trinajstić information content (AvgIpc) is 2.86. The number of aliphatic hydroxyl groups is 3. The third-order valence-electron chi connectivity index (χ3n) is 10.2. The van der Waals surface area contributed by atoms with Crippen molar-refractivity contribution in [1.29, 1.82) is 0 Å². The van der Waals surface area contributed by atoms with Crippen LogP contribution < -0.4 is 11.1 Å². The topological polar surface area (TPSA) is 170 Å². The van der Waals surface area contributed by atoms with Crippen molar-refractivity contribution in [2.75, 3.05) is 11.9 Å². The highest BCUT2D eigenvalue weighted by atomic mass is 16.4. The molecular formula is C32H40N2O7. The molecule has 8 atom stereocenters. The Labute approximate surface area is 239 Å². The fourth-order valence-electron chi connectivity index (χ4n) is 8.77. The normalized spacial score (nSPS) is 36.4. The number of amides is 1. The number of primary amides is 1. The van der Waals surface area contributed by atoms with Gasteiger partial charge in [-0.25, -0.2) is 0 Å². The zero-order valence-electron chi connectivity index (χ0n) is 24.1. The molecule has 3 aliphatic carbocycles. The van der Waals surface area contributed by atoms with E-state index in [1.165, 1.54) is 6.07 Å². The fraction of sp³-hybridized carbons (Fsp3) is 0.531. The Balaban J connectivity index is 1.69. The second-order valence-electron chi connectivity index (χ2n) is 13.1. The third-order valence-corrected chi connectivity index (χ3v) is 10.2. The average molecular weight is 565 g/mol. The summed E-state index contributed by atoms with van der Waals surface area (Å²) in [4.78, 5) is 40.4. The zero-order chi connectivity index (χ0) is 30.2. The van der Waals surface area contributed by atoms with E-state index in [4.69, 9.17) is 5.73 Å². The van der Waals surface area contributed by atoms with Gasteiger partial charge in [-0.3, -0.25) is 14.4 Å². The van der Waals surface area contributed by atoms with Crippen molar-refractivity contribution in [1.82, 2.24) is 0 Å². The summed E-state index contributed by atoms with van der Waals surface area (Å²) >= 11 is 0. The monoisotopic (exact) mass is 564 g/mol. The Morgan fingerprint density at radius 3 is 2.29 bits per heavy atom. The van der Waals surface area contributed by atoms with Crippen LogP contribution in [0.1, 0.15) is 57.0 Å². The van der Waals surface area contributed by atoms with Gasteiger partial charge >= 0.3 is 0 Å². The molecule has 220 valence electrons. The number of nitrogens with two attached hydrogens (primary N) is 1. The summed E-state index contributed by atoms with van der Waals surface area (Å²) in [6, 6.07) is 11.0. The number of rotatable bonds is 5. The van der Waals surface area contributed by atoms with Crippen molar-refractivity contribution >= 4 is 23.2 Å². The summed E-state index contributed by atoms with van der Waals surface area (Å²) in [6.07, 6.45) is -2.97. The van der Waals surface area contributed by atoms with Gasteiger partial charge in [-0.1, -0.05) is 45.9 Å². The molecular weight excluding hydrogens is 524 g/mol. The predicted octanol–water partition coefficient (Wildman–Crippen LogP) is 2.67. The number of anilines is 1. The minimum absolute atomic E-state index is 0.0575. The molecule has 9 nitrogen and oxygen atoms in total. The van der Waals surface area contributed by atoms with Crippen molar-refractivity contribution in [3.8, 4) is 16.9 Å². The van der Waals surface area contributed by atoms with E-state index in [-0.39, 0.29) is 30.1 Å². The first kappa shape index (κ1) is 29.2. The van der Waals surface area contributed by atoms with Gasteiger partial charge in [-0.15, -0.1) is 0 Å². The van der Waals surface area contributed by atoms with E-state index in [1.54, 1.807) is 13.0 Å². The number of Topliss-reactive ketones (excluding diaryl/α,β-unsaturated/α-hetero) is 2. The van der Waals surface area contributed by atoms with Gasteiger partial charge in [-0.05, 0) is 71.9 Å². The van der Waals surface area contributed by atoms with Crippen LogP contribution in [-0.4, -0.2) is 62.3 Å². The Kier molecular flexibility index (Phi) is 6.88. The number of hydrogen-bond donors (Lipinski definition) is 6. The predicted molar refractivity (Wildman–Crippen MR) is 153 cm³/mol. The summed E-state index contributed by atoms with van der Waals surface area (Å²) in [6.45, 7) is 9.92. The van der Waals surface area contributed by atoms with E-state index < -0.39 is 63.9 Å². The first-order chi connectivity index (χ1) is 19.1. The molecule has 2 saturated carbocycles. The molecule has 0 aliphatic heterocycles. The van der Waals surface area contributed by atoms with E-state index >= 15 is 0 Å². The molecule has 0 bridgehead atoms. The lowest BCUT2D eigenvalue weighted by Crippen LogP contribution is -2.79. The van der Waals surface area contributed by atoms with E-state index in [9.17, 15) is 34.8 Å². The minimum Gasteiger partial charge on any atom is -0.507 e. The van der Waals surface area contributed by atoms with Gasteiger partial charge in [0.05, 0.1) is 17.6 Å². The van der Waals surface area contributed by atoms with Crippen LogP contribution in [-0.2, 0) is 16.0 Å². The lowest BCUT2D eigenvalue weighted by molar-refractivity contribution is -0.265. The molecule has 1 amide bonds. The second kappa shape index (κ2) is 9.64. The molecule has 0 heterocycles.